The van der Waals surface area contributed by atoms with Crippen LogP contribution >= 0.6 is 27.3 Å². The Balaban J connectivity index is 2.07. The standard InChI is InChI=1S/C10H10BrN3S/c11-7-4-15-3-6(7)9-10-8(1-2-12-9)13-5-14-10/h3-5,9,12H,1-2H2,(H,13,14). The average molecular weight is 284 g/mol. The van der Waals surface area contributed by atoms with E-state index in [-0.39, 0.29) is 6.04 Å². The first-order chi connectivity index (χ1) is 7.36. The molecule has 1 atom stereocenters. The lowest BCUT2D eigenvalue weighted by Gasteiger charge is -2.22. The normalized spacial score (nSPS) is 20.2. The Morgan fingerprint density at radius 2 is 2.40 bits per heavy atom. The first-order valence-corrected chi connectivity index (χ1v) is 6.57. The largest absolute Gasteiger partial charge is 0.348 e. The summed E-state index contributed by atoms with van der Waals surface area (Å²) in [5.41, 5.74) is 3.69. The van der Waals surface area contributed by atoms with Gasteiger partial charge in [-0.25, -0.2) is 4.98 Å². The molecule has 2 aromatic heterocycles. The molecule has 1 aliphatic heterocycles. The predicted octanol–water partition coefficient (Wildman–Crippen LogP) is 2.47. The molecule has 3 nitrogen and oxygen atoms in total. The highest BCUT2D eigenvalue weighted by molar-refractivity contribution is 9.10. The molecule has 0 saturated carbocycles. The van der Waals surface area contributed by atoms with Crippen molar-refractivity contribution in [3.63, 3.8) is 0 Å². The van der Waals surface area contributed by atoms with Gasteiger partial charge in [0.2, 0.25) is 0 Å². The van der Waals surface area contributed by atoms with Crippen LogP contribution in [0.15, 0.2) is 21.6 Å². The van der Waals surface area contributed by atoms with E-state index in [2.05, 4.69) is 42.0 Å². The van der Waals surface area contributed by atoms with Crippen LogP contribution in [0.2, 0.25) is 0 Å². The minimum atomic E-state index is 0.237. The number of nitrogens with zero attached hydrogens (tertiary/aromatic N) is 1. The van der Waals surface area contributed by atoms with E-state index < -0.39 is 0 Å². The van der Waals surface area contributed by atoms with E-state index in [0.717, 1.165) is 18.7 Å². The van der Waals surface area contributed by atoms with Crippen LogP contribution in [0.25, 0.3) is 0 Å². The molecule has 0 aromatic carbocycles. The topological polar surface area (TPSA) is 40.7 Å². The highest BCUT2D eigenvalue weighted by atomic mass is 79.9. The molecule has 15 heavy (non-hydrogen) atoms. The Bertz CT molecular complexity index is 476. The second kappa shape index (κ2) is 3.73. The van der Waals surface area contributed by atoms with Crippen molar-refractivity contribution in [1.29, 1.82) is 0 Å². The highest BCUT2D eigenvalue weighted by Crippen LogP contribution is 2.33. The van der Waals surface area contributed by atoms with Gasteiger partial charge in [-0.05, 0) is 21.3 Å². The van der Waals surface area contributed by atoms with Gasteiger partial charge in [-0.2, -0.15) is 11.3 Å². The van der Waals surface area contributed by atoms with Crippen molar-refractivity contribution in [1.82, 2.24) is 15.3 Å². The molecule has 0 radical (unpaired) electrons. The molecule has 2 aromatic rings. The summed E-state index contributed by atoms with van der Waals surface area (Å²) in [4.78, 5) is 7.61. The lowest BCUT2D eigenvalue weighted by molar-refractivity contribution is 0.553. The molecule has 1 unspecified atom stereocenters. The summed E-state index contributed by atoms with van der Waals surface area (Å²) >= 11 is 5.29. The Morgan fingerprint density at radius 1 is 1.47 bits per heavy atom. The van der Waals surface area contributed by atoms with Crippen LogP contribution in [-0.4, -0.2) is 16.5 Å². The smallest absolute Gasteiger partial charge is 0.0926 e. The molecule has 0 saturated heterocycles. The zero-order valence-electron chi connectivity index (χ0n) is 7.96. The van der Waals surface area contributed by atoms with Gasteiger partial charge in [0.1, 0.15) is 0 Å². The Hall–Kier alpha value is -0.650. The van der Waals surface area contributed by atoms with E-state index in [9.17, 15) is 0 Å². The second-order valence-corrected chi connectivity index (χ2v) is 5.18. The molecule has 0 amide bonds. The number of H-pyrrole nitrogens is 1. The number of hydrogen-bond donors (Lipinski definition) is 2. The second-order valence-electron chi connectivity index (χ2n) is 3.58. The van der Waals surface area contributed by atoms with Gasteiger partial charge in [-0.15, -0.1) is 0 Å². The van der Waals surface area contributed by atoms with Gasteiger partial charge in [0.25, 0.3) is 0 Å². The van der Waals surface area contributed by atoms with Crippen LogP contribution in [-0.2, 0) is 6.42 Å². The molecular weight excluding hydrogens is 274 g/mol. The Kier molecular flexibility index (Phi) is 2.38. The number of imidazole rings is 1. The molecule has 3 heterocycles. The van der Waals surface area contributed by atoms with Crippen LogP contribution in [0, 0.1) is 0 Å². The highest BCUT2D eigenvalue weighted by Gasteiger charge is 2.25. The molecule has 2 N–H and O–H groups in total. The molecule has 78 valence electrons. The molecular formula is C10H10BrN3S. The van der Waals surface area contributed by atoms with Crippen molar-refractivity contribution in [2.24, 2.45) is 0 Å². The van der Waals surface area contributed by atoms with Crippen LogP contribution in [0.1, 0.15) is 23.0 Å². The van der Waals surface area contributed by atoms with E-state index in [4.69, 9.17) is 0 Å². The maximum Gasteiger partial charge on any atom is 0.0926 e. The third-order valence-corrected chi connectivity index (χ3v) is 4.45. The van der Waals surface area contributed by atoms with Crippen molar-refractivity contribution in [2.45, 2.75) is 12.5 Å². The first-order valence-electron chi connectivity index (χ1n) is 4.83. The van der Waals surface area contributed by atoms with E-state index >= 15 is 0 Å². The summed E-state index contributed by atoms with van der Waals surface area (Å²) in [5, 5.41) is 7.78. The predicted molar refractivity (Wildman–Crippen MR) is 64.2 cm³/mol. The number of hydrogen-bond acceptors (Lipinski definition) is 3. The van der Waals surface area contributed by atoms with Gasteiger partial charge in [0, 0.05) is 34.1 Å². The maximum absolute atomic E-state index is 4.40. The number of fused-ring (bicyclic) bond motifs is 1. The minimum absolute atomic E-state index is 0.237. The third kappa shape index (κ3) is 1.55. The summed E-state index contributed by atoms with van der Waals surface area (Å²) in [7, 11) is 0. The van der Waals surface area contributed by atoms with Crippen LogP contribution in [0.3, 0.4) is 0 Å². The Labute approximate surface area is 100 Å². The minimum Gasteiger partial charge on any atom is -0.348 e. The van der Waals surface area contributed by atoms with Crippen LogP contribution in [0.5, 0.6) is 0 Å². The summed E-state index contributed by atoms with van der Waals surface area (Å²) < 4.78 is 1.17. The van der Waals surface area contributed by atoms with Crippen molar-refractivity contribution in [3.8, 4) is 0 Å². The Morgan fingerprint density at radius 3 is 3.20 bits per heavy atom. The number of aromatic nitrogens is 2. The van der Waals surface area contributed by atoms with E-state index in [1.54, 1.807) is 17.7 Å². The van der Waals surface area contributed by atoms with E-state index in [1.807, 2.05) is 0 Å². The lowest BCUT2D eigenvalue weighted by atomic mass is 10.0. The van der Waals surface area contributed by atoms with Crippen molar-refractivity contribution in [3.05, 3.63) is 38.5 Å². The molecule has 0 bridgehead atoms. The van der Waals surface area contributed by atoms with Crippen molar-refractivity contribution < 1.29 is 0 Å². The average Bonchev–Trinajstić information content (AvgIpc) is 2.85. The van der Waals surface area contributed by atoms with Crippen LogP contribution < -0.4 is 5.32 Å². The number of nitrogens with one attached hydrogen (secondary N) is 2. The third-order valence-electron chi connectivity index (χ3n) is 2.70. The van der Waals surface area contributed by atoms with E-state index in [1.165, 1.54) is 15.7 Å². The monoisotopic (exact) mass is 283 g/mol. The first kappa shape index (κ1) is 9.57. The maximum atomic E-state index is 4.40. The van der Waals surface area contributed by atoms with Crippen molar-refractivity contribution in [2.75, 3.05) is 6.54 Å². The van der Waals surface area contributed by atoms with Gasteiger partial charge >= 0.3 is 0 Å². The van der Waals surface area contributed by atoms with Gasteiger partial charge in [-0.3, -0.25) is 0 Å². The molecule has 0 fully saturated rings. The fraction of sp³-hybridized carbons (Fsp3) is 0.300. The number of rotatable bonds is 1. The zero-order chi connectivity index (χ0) is 10.3. The molecule has 0 spiro atoms. The summed E-state index contributed by atoms with van der Waals surface area (Å²) in [6, 6.07) is 0.237. The molecule has 0 aliphatic carbocycles. The number of aromatic amines is 1. The SMILES string of the molecule is Brc1cscc1C1NCCc2[nH]cnc21. The summed E-state index contributed by atoms with van der Waals surface area (Å²) in [6.45, 7) is 1.00. The van der Waals surface area contributed by atoms with Gasteiger partial charge < -0.3 is 10.3 Å². The van der Waals surface area contributed by atoms with Gasteiger partial charge in [0.05, 0.1) is 18.1 Å². The van der Waals surface area contributed by atoms with E-state index in [0.29, 0.717) is 0 Å². The summed E-state index contributed by atoms with van der Waals surface area (Å²) in [6.07, 6.45) is 2.82. The summed E-state index contributed by atoms with van der Waals surface area (Å²) in [5.74, 6) is 0. The molecule has 3 rings (SSSR count). The zero-order valence-corrected chi connectivity index (χ0v) is 10.4. The quantitative estimate of drug-likeness (QED) is 0.844. The molecule has 1 aliphatic rings. The fourth-order valence-corrected chi connectivity index (χ4v) is 3.53. The number of thiophene rings is 1. The van der Waals surface area contributed by atoms with Gasteiger partial charge in [-0.1, -0.05) is 0 Å². The molecule has 5 heteroatoms. The van der Waals surface area contributed by atoms with Crippen LogP contribution in [0.4, 0.5) is 0 Å². The fourth-order valence-electron chi connectivity index (χ4n) is 1.97. The van der Waals surface area contributed by atoms with Gasteiger partial charge in [0.15, 0.2) is 0 Å². The number of halogens is 1. The lowest BCUT2D eigenvalue weighted by Crippen LogP contribution is -2.30. The van der Waals surface area contributed by atoms with Crippen molar-refractivity contribution >= 4 is 27.3 Å².